The van der Waals surface area contributed by atoms with Gasteiger partial charge >= 0.3 is 11.9 Å². The molecule has 2 heterocycles. The number of carbonyl (C=O) groups excluding carboxylic acids is 2. The minimum absolute atomic E-state index is 0.171. The Kier molecular flexibility index (Phi) is 12.1. The number of nitrogens with zero attached hydrogens (tertiary/aromatic N) is 4. The summed E-state index contributed by atoms with van der Waals surface area (Å²) in [5, 5.41) is 0. The lowest BCUT2D eigenvalue weighted by molar-refractivity contribution is -0.158. The second-order valence-electron chi connectivity index (χ2n) is 12.7. The van der Waals surface area contributed by atoms with Crippen molar-refractivity contribution in [3.05, 3.63) is 64.6 Å². The second-order valence-corrected chi connectivity index (χ2v) is 12.7. The number of aromatic nitrogens is 1. The fourth-order valence-corrected chi connectivity index (χ4v) is 4.62. The van der Waals surface area contributed by atoms with E-state index in [1.807, 2.05) is 77.9 Å². The molecule has 2 aromatic rings. The van der Waals surface area contributed by atoms with Gasteiger partial charge in [-0.15, -0.1) is 0 Å². The van der Waals surface area contributed by atoms with Gasteiger partial charge in [0.1, 0.15) is 17.8 Å². The Bertz CT molecular complexity index is 1160. The number of pyridine rings is 1. The third kappa shape index (κ3) is 12.3. The summed E-state index contributed by atoms with van der Waals surface area (Å²) in [5.41, 5.74) is -0.289. The van der Waals surface area contributed by atoms with Gasteiger partial charge in [0, 0.05) is 58.6 Å². The molecule has 1 aliphatic rings. The van der Waals surface area contributed by atoms with Crippen molar-refractivity contribution in [2.45, 2.75) is 65.9 Å². The van der Waals surface area contributed by atoms with Gasteiger partial charge in [0.2, 0.25) is 0 Å². The maximum Gasteiger partial charge on any atom is 0.320 e. The quantitative estimate of drug-likeness (QED) is 0.391. The Morgan fingerprint density at radius 2 is 1.19 bits per heavy atom. The first-order valence-electron chi connectivity index (χ1n) is 14.7. The average Bonchev–Trinajstić information content (AvgIpc) is 2.97. The van der Waals surface area contributed by atoms with Crippen molar-refractivity contribution in [3.63, 3.8) is 0 Å². The molecule has 1 aromatic heterocycles. The van der Waals surface area contributed by atoms with Gasteiger partial charge in [0.25, 0.3) is 5.56 Å². The summed E-state index contributed by atoms with van der Waals surface area (Å²) in [6, 6.07) is 13.3. The third-order valence-electron chi connectivity index (χ3n) is 6.62. The third-order valence-corrected chi connectivity index (χ3v) is 6.62. The monoisotopic (exact) mass is 584 g/mol. The van der Waals surface area contributed by atoms with Crippen molar-refractivity contribution in [1.82, 2.24) is 19.3 Å². The first-order valence-corrected chi connectivity index (χ1v) is 14.7. The van der Waals surface area contributed by atoms with Gasteiger partial charge in [-0.3, -0.25) is 29.1 Å². The molecular formula is C32H48N4O6. The number of ether oxygens (including phenoxy) is 3. The minimum Gasteiger partial charge on any atom is -0.483 e. The zero-order chi connectivity index (χ0) is 30.8. The van der Waals surface area contributed by atoms with Crippen LogP contribution in [0.3, 0.4) is 0 Å². The number of rotatable bonds is 10. The lowest BCUT2D eigenvalue weighted by atomic mass is 10.2. The van der Waals surface area contributed by atoms with Gasteiger partial charge in [-0.05, 0) is 59.2 Å². The molecule has 1 saturated heterocycles. The van der Waals surface area contributed by atoms with Crippen molar-refractivity contribution in [1.29, 1.82) is 0 Å². The molecule has 0 bridgehead atoms. The molecule has 42 heavy (non-hydrogen) atoms. The minimum atomic E-state index is -0.557. The predicted molar refractivity (Wildman–Crippen MR) is 162 cm³/mol. The van der Waals surface area contributed by atoms with E-state index in [-0.39, 0.29) is 30.6 Å². The number of carbonyl (C=O) groups is 2. The number of benzene rings is 1. The standard InChI is InChI=1S/C32H48N4O6/c1-31(2,3)41-28(37)23-34-17-15-33(16-18-35(20-19-34)24-29(38)42-32(4,5)6)21-22-36-14-10-13-27(30(36)39)40-25-26-11-8-7-9-12-26/h7-14H,15-25H2,1-6H3. The first-order chi connectivity index (χ1) is 19.8. The summed E-state index contributed by atoms with van der Waals surface area (Å²) >= 11 is 0. The van der Waals surface area contributed by atoms with Gasteiger partial charge in [-0.2, -0.15) is 0 Å². The molecule has 0 saturated carbocycles. The molecule has 3 rings (SSSR count). The Hall–Kier alpha value is -3.21. The molecule has 0 unspecified atom stereocenters. The molecule has 0 spiro atoms. The molecule has 1 aromatic carbocycles. The van der Waals surface area contributed by atoms with E-state index in [4.69, 9.17) is 14.2 Å². The molecule has 0 N–H and O–H groups in total. The van der Waals surface area contributed by atoms with Crippen LogP contribution in [-0.4, -0.2) is 101 Å². The lowest BCUT2D eigenvalue weighted by Crippen LogP contribution is -2.42. The molecule has 0 radical (unpaired) electrons. The highest BCUT2D eigenvalue weighted by Gasteiger charge is 2.24. The molecular weight excluding hydrogens is 536 g/mol. The van der Waals surface area contributed by atoms with E-state index in [9.17, 15) is 14.4 Å². The molecule has 232 valence electrons. The highest BCUT2D eigenvalue weighted by Crippen LogP contribution is 2.11. The van der Waals surface area contributed by atoms with Crippen LogP contribution in [0.15, 0.2) is 53.5 Å². The molecule has 10 nitrogen and oxygen atoms in total. The Morgan fingerprint density at radius 1 is 0.690 bits per heavy atom. The summed E-state index contributed by atoms with van der Waals surface area (Å²) in [6.07, 6.45) is 1.78. The highest BCUT2D eigenvalue weighted by molar-refractivity contribution is 5.72. The van der Waals surface area contributed by atoms with Crippen LogP contribution in [0.25, 0.3) is 0 Å². The van der Waals surface area contributed by atoms with E-state index in [2.05, 4.69) is 14.7 Å². The maximum atomic E-state index is 13.1. The van der Waals surface area contributed by atoms with Crippen molar-refractivity contribution in [2.75, 3.05) is 58.9 Å². The smallest absolute Gasteiger partial charge is 0.320 e. The summed E-state index contributed by atoms with van der Waals surface area (Å²) in [6.45, 7) is 16.9. The van der Waals surface area contributed by atoms with Crippen LogP contribution in [0.5, 0.6) is 5.75 Å². The Balaban J connectivity index is 1.66. The van der Waals surface area contributed by atoms with E-state index in [0.717, 1.165) is 5.56 Å². The van der Waals surface area contributed by atoms with Crippen molar-refractivity contribution in [2.24, 2.45) is 0 Å². The maximum absolute atomic E-state index is 13.1. The van der Waals surface area contributed by atoms with Gasteiger partial charge in [0.05, 0.1) is 13.1 Å². The van der Waals surface area contributed by atoms with Gasteiger partial charge in [-0.1, -0.05) is 30.3 Å². The van der Waals surface area contributed by atoms with Crippen molar-refractivity contribution in [3.8, 4) is 5.75 Å². The summed E-state index contributed by atoms with van der Waals surface area (Å²) in [5.74, 6) is -0.227. The highest BCUT2D eigenvalue weighted by atomic mass is 16.6. The first kappa shape index (κ1) is 33.3. The molecule has 1 fully saturated rings. The van der Waals surface area contributed by atoms with E-state index in [1.54, 1.807) is 16.8 Å². The topological polar surface area (TPSA) is 93.5 Å². The largest absolute Gasteiger partial charge is 0.483 e. The second kappa shape index (κ2) is 15.3. The van der Waals surface area contributed by atoms with Crippen LogP contribution < -0.4 is 10.3 Å². The fraction of sp³-hybridized carbons (Fsp3) is 0.594. The zero-order valence-corrected chi connectivity index (χ0v) is 26.1. The van der Waals surface area contributed by atoms with Crippen LogP contribution in [-0.2, 0) is 32.2 Å². The van der Waals surface area contributed by atoms with Crippen LogP contribution in [0.4, 0.5) is 0 Å². The Labute approximate surface area is 250 Å². The number of esters is 2. The lowest BCUT2D eigenvalue weighted by Gasteiger charge is -2.27. The summed E-state index contributed by atoms with van der Waals surface area (Å²) in [4.78, 5) is 44.8. The van der Waals surface area contributed by atoms with Crippen molar-refractivity contribution < 1.29 is 23.8 Å². The van der Waals surface area contributed by atoms with Gasteiger partial charge < -0.3 is 18.8 Å². The average molecular weight is 585 g/mol. The predicted octanol–water partition coefficient (Wildman–Crippen LogP) is 3.03. The van der Waals surface area contributed by atoms with E-state index >= 15 is 0 Å². The van der Waals surface area contributed by atoms with E-state index < -0.39 is 11.2 Å². The SMILES string of the molecule is CC(C)(C)OC(=O)CN1CCN(CCn2cccc(OCc3ccccc3)c2=O)CCN(CC(=O)OC(C)(C)C)CC1. The van der Waals surface area contributed by atoms with Crippen molar-refractivity contribution >= 4 is 11.9 Å². The van der Waals surface area contributed by atoms with Gasteiger partial charge in [0.15, 0.2) is 5.75 Å². The number of hydrogen-bond acceptors (Lipinski definition) is 9. The molecule has 10 heteroatoms. The number of hydrogen-bond donors (Lipinski definition) is 0. The molecule has 1 aliphatic heterocycles. The van der Waals surface area contributed by atoms with Crippen LogP contribution in [0, 0.1) is 0 Å². The van der Waals surface area contributed by atoms with E-state index in [0.29, 0.717) is 64.7 Å². The molecule has 0 atom stereocenters. The molecule has 0 aliphatic carbocycles. The zero-order valence-electron chi connectivity index (χ0n) is 26.1. The summed E-state index contributed by atoms with van der Waals surface area (Å²) in [7, 11) is 0. The fourth-order valence-electron chi connectivity index (χ4n) is 4.62. The Morgan fingerprint density at radius 3 is 1.69 bits per heavy atom. The molecule has 0 amide bonds. The van der Waals surface area contributed by atoms with E-state index in [1.165, 1.54) is 0 Å². The van der Waals surface area contributed by atoms with Crippen LogP contribution in [0.2, 0.25) is 0 Å². The normalized spacial score (nSPS) is 16.2. The van der Waals surface area contributed by atoms with Gasteiger partial charge in [-0.25, -0.2) is 0 Å². The summed E-state index contributed by atoms with van der Waals surface area (Å²) < 4.78 is 18.6. The van der Waals surface area contributed by atoms with Crippen LogP contribution in [0.1, 0.15) is 47.1 Å². The van der Waals surface area contributed by atoms with Crippen LogP contribution >= 0.6 is 0 Å².